The van der Waals surface area contributed by atoms with Crippen LogP contribution in [0, 0.1) is 0 Å². The van der Waals surface area contributed by atoms with Crippen LogP contribution < -0.4 is 5.32 Å². The van der Waals surface area contributed by atoms with Crippen LogP contribution in [0.3, 0.4) is 0 Å². The number of nitrogens with zero attached hydrogens (tertiary/aromatic N) is 2. The third kappa shape index (κ3) is 3.45. The van der Waals surface area contributed by atoms with E-state index in [9.17, 15) is 0 Å². The van der Waals surface area contributed by atoms with Gasteiger partial charge in [0, 0.05) is 29.2 Å². The highest BCUT2D eigenvalue weighted by molar-refractivity contribution is 7.09. The molecule has 4 heteroatoms. The minimum absolute atomic E-state index is 0.378. The summed E-state index contributed by atoms with van der Waals surface area (Å²) in [6.45, 7) is 10.6. The van der Waals surface area contributed by atoms with Crippen LogP contribution in [0.2, 0.25) is 0 Å². The number of thiazole rings is 1. The summed E-state index contributed by atoms with van der Waals surface area (Å²) < 4.78 is 2.28. The molecule has 0 fully saturated rings. The molecule has 0 aromatic carbocycles. The Morgan fingerprint density at radius 1 is 1.37 bits per heavy atom. The van der Waals surface area contributed by atoms with Crippen molar-refractivity contribution in [2.24, 2.45) is 0 Å². The van der Waals surface area contributed by atoms with Crippen LogP contribution in [0.1, 0.15) is 56.1 Å². The van der Waals surface area contributed by atoms with Crippen molar-refractivity contribution in [2.45, 2.75) is 46.2 Å². The van der Waals surface area contributed by atoms with E-state index in [0.717, 1.165) is 18.8 Å². The van der Waals surface area contributed by atoms with Gasteiger partial charge in [-0.1, -0.05) is 20.8 Å². The minimum atomic E-state index is 0.378. The molecule has 1 atom stereocenters. The van der Waals surface area contributed by atoms with E-state index in [0.29, 0.717) is 12.0 Å². The van der Waals surface area contributed by atoms with Crippen LogP contribution in [0.5, 0.6) is 0 Å². The van der Waals surface area contributed by atoms with Crippen molar-refractivity contribution in [3.63, 3.8) is 0 Å². The second kappa shape index (κ2) is 6.35. The third-order valence-electron chi connectivity index (χ3n) is 3.21. The van der Waals surface area contributed by atoms with Crippen molar-refractivity contribution < 1.29 is 0 Å². The maximum Gasteiger partial charge on any atom is 0.0954 e. The first kappa shape index (κ1) is 14.3. The highest BCUT2D eigenvalue weighted by Crippen LogP contribution is 2.21. The molecule has 0 saturated carbocycles. The van der Waals surface area contributed by atoms with Crippen molar-refractivity contribution in [1.82, 2.24) is 14.9 Å². The minimum Gasteiger partial charge on any atom is -0.344 e. The van der Waals surface area contributed by atoms with Crippen LogP contribution >= 0.6 is 11.3 Å². The van der Waals surface area contributed by atoms with Gasteiger partial charge in [0.25, 0.3) is 0 Å². The molecule has 0 aliphatic carbocycles. The molecule has 104 valence electrons. The standard InChI is InChI=1S/C15H23N3S/c1-5-16-12(4)14-7-6-8-18(14)9-13-10-19-15(17-13)11(2)3/h6-8,10-12,16H,5,9H2,1-4H3. The van der Waals surface area contributed by atoms with E-state index in [2.05, 4.69) is 61.3 Å². The summed E-state index contributed by atoms with van der Waals surface area (Å²) in [5.41, 5.74) is 2.48. The molecule has 1 unspecified atom stereocenters. The maximum absolute atomic E-state index is 4.71. The largest absolute Gasteiger partial charge is 0.344 e. The lowest BCUT2D eigenvalue weighted by Gasteiger charge is -2.15. The lowest BCUT2D eigenvalue weighted by Crippen LogP contribution is -2.20. The Labute approximate surface area is 119 Å². The Kier molecular flexibility index (Phi) is 4.77. The van der Waals surface area contributed by atoms with Gasteiger partial charge >= 0.3 is 0 Å². The predicted molar refractivity (Wildman–Crippen MR) is 81.8 cm³/mol. The number of aromatic nitrogens is 2. The van der Waals surface area contributed by atoms with Crippen molar-refractivity contribution in [1.29, 1.82) is 0 Å². The van der Waals surface area contributed by atoms with Crippen molar-refractivity contribution in [3.8, 4) is 0 Å². The molecule has 0 amide bonds. The molecule has 19 heavy (non-hydrogen) atoms. The molecule has 2 rings (SSSR count). The van der Waals surface area contributed by atoms with Gasteiger partial charge in [-0.3, -0.25) is 0 Å². The molecular weight excluding hydrogens is 254 g/mol. The Balaban J connectivity index is 2.12. The zero-order valence-electron chi connectivity index (χ0n) is 12.2. The first-order chi connectivity index (χ1) is 9.11. The van der Waals surface area contributed by atoms with E-state index in [1.807, 2.05) is 0 Å². The smallest absolute Gasteiger partial charge is 0.0954 e. The van der Waals surface area contributed by atoms with Crippen molar-refractivity contribution in [3.05, 3.63) is 40.1 Å². The lowest BCUT2D eigenvalue weighted by molar-refractivity contribution is 0.552. The third-order valence-corrected chi connectivity index (χ3v) is 4.41. The summed E-state index contributed by atoms with van der Waals surface area (Å²) in [6.07, 6.45) is 2.14. The van der Waals surface area contributed by atoms with Gasteiger partial charge < -0.3 is 9.88 Å². The van der Waals surface area contributed by atoms with Crippen LogP contribution in [0.15, 0.2) is 23.7 Å². The van der Waals surface area contributed by atoms with E-state index in [-0.39, 0.29) is 0 Å². The van der Waals surface area contributed by atoms with E-state index in [4.69, 9.17) is 4.98 Å². The number of nitrogens with one attached hydrogen (secondary N) is 1. The number of hydrogen-bond acceptors (Lipinski definition) is 3. The average Bonchev–Trinajstić information content (AvgIpc) is 2.99. The Morgan fingerprint density at radius 3 is 2.79 bits per heavy atom. The molecule has 3 nitrogen and oxygen atoms in total. The highest BCUT2D eigenvalue weighted by atomic mass is 32.1. The van der Waals surface area contributed by atoms with E-state index >= 15 is 0 Å². The normalized spacial score (nSPS) is 13.1. The van der Waals surface area contributed by atoms with E-state index in [1.54, 1.807) is 11.3 Å². The molecule has 0 saturated heterocycles. The molecule has 2 aromatic rings. The van der Waals surface area contributed by atoms with Gasteiger partial charge in [0.15, 0.2) is 0 Å². The van der Waals surface area contributed by atoms with Crippen molar-refractivity contribution in [2.75, 3.05) is 6.54 Å². The Morgan fingerprint density at radius 2 is 2.16 bits per heavy atom. The van der Waals surface area contributed by atoms with Gasteiger partial charge in [-0.25, -0.2) is 4.98 Å². The fraction of sp³-hybridized carbons (Fsp3) is 0.533. The molecule has 0 radical (unpaired) electrons. The number of hydrogen-bond donors (Lipinski definition) is 1. The monoisotopic (exact) mass is 277 g/mol. The second-order valence-electron chi connectivity index (χ2n) is 5.17. The molecule has 2 heterocycles. The summed E-state index contributed by atoms with van der Waals surface area (Å²) in [7, 11) is 0. The summed E-state index contributed by atoms with van der Waals surface area (Å²) in [6, 6.07) is 4.67. The summed E-state index contributed by atoms with van der Waals surface area (Å²) in [5, 5.41) is 6.86. The molecular formula is C15H23N3S. The summed E-state index contributed by atoms with van der Waals surface area (Å²) in [4.78, 5) is 4.71. The van der Waals surface area contributed by atoms with Gasteiger partial charge in [0.05, 0.1) is 17.2 Å². The zero-order chi connectivity index (χ0) is 13.8. The predicted octanol–water partition coefficient (Wildman–Crippen LogP) is 3.79. The topological polar surface area (TPSA) is 29.9 Å². The number of rotatable bonds is 6. The van der Waals surface area contributed by atoms with Gasteiger partial charge in [0.1, 0.15) is 0 Å². The summed E-state index contributed by atoms with van der Waals surface area (Å²) >= 11 is 1.76. The van der Waals surface area contributed by atoms with Gasteiger partial charge in [-0.2, -0.15) is 0 Å². The summed E-state index contributed by atoms with van der Waals surface area (Å²) in [5.74, 6) is 0.517. The van der Waals surface area contributed by atoms with Gasteiger partial charge in [-0.15, -0.1) is 11.3 Å². The second-order valence-corrected chi connectivity index (χ2v) is 6.06. The molecule has 1 N–H and O–H groups in total. The molecule has 0 aliphatic rings. The van der Waals surface area contributed by atoms with Crippen molar-refractivity contribution >= 4 is 11.3 Å². The molecule has 0 bridgehead atoms. The highest BCUT2D eigenvalue weighted by Gasteiger charge is 2.11. The van der Waals surface area contributed by atoms with Crippen LogP contribution in [-0.4, -0.2) is 16.1 Å². The fourth-order valence-corrected chi connectivity index (χ4v) is 3.04. The average molecular weight is 277 g/mol. The fourth-order valence-electron chi connectivity index (χ4n) is 2.21. The quantitative estimate of drug-likeness (QED) is 0.870. The first-order valence-electron chi connectivity index (χ1n) is 6.94. The lowest BCUT2D eigenvalue weighted by atomic mass is 10.2. The van der Waals surface area contributed by atoms with Crippen LogP contribution in [-0.2, 0) is 6.54 Å². The Bertz CT molecular complexity index is 513. The van der Waals surface area contributed by atoms with Gasteiger partial charge in [-0.05, 0) is 25.6 Å². The van der Waals surface area contributed by atoms with Crippen LogP contribution in [0.25, 0.3) is 0 Å². The van der Waals surface area contributed by atoms with E-state index < -0.39 is 0 Å². The Hall–Kier alpha value is -1.13. The molecule has 0 spiro atoms. The van der Waals surface area contributed by atoms with E-state index in [1.165, 1.54) is 10.7 Å². The maximum atomic E-state index is 4.71. The first-order valence-corrected chi connectivity index (χ1v) is 7.82. The zero-order valence-corrected chi connectivity index (χ0v) is 13.0. The van der Waals surface area contributed by atoms with Gasteiger partial charge in [0.2, 0.25) is 0 Å². The SMILES string of the molecule is CCNC(C)c1cccn1Cc1csc(C(C)C)n1. The molecule has 2 aromatic heterocycles. The van der Waals surface area contributed by atoms with Crippen LogP contribution in [0.4, 0.5) is 0 Å². The molecule has 0 aliphatic heterocycles.